The maximum Gasteiger partial charge on any atom is 0.343 e. The van der Waals surface area contributed by atoms with Gasteiger partial charge in [0.25, 0.3) is 0 Å². The van der Waals surface area contributed by atoms with Crippen molar-refractivity contribution in [3.63, 3.8) is 0 Å². The molecule has 0 bridgehead atoms. The fourth-order valence-corrected chi connectivity index (χ4v) is 1.23. The van der Waals surface area contributed by atoms with Crippen LogP contribution in [0.4, 0.5) is 5.82 Å². The molecule has 8 heteroatoms. The van der Waals surface area contributed by atoms with Crippen molar-refractivity contribution in [3.8, 4) is 0 Å². The highest BCUT2D eigenvalue weighted by Crippen LogP contribution is 2.15. The molecule has 0 radical (unpaired) electrons. The molecule has 1 aromatic heterocycles. The maximum absolute atomic E-state index is 10.6. The lowest BCUT2D eigenvalue weighted by Crippen LogP contribution is -2.20. The van der Waals surface area contributed by atoms with E-state index in [1.54, 1.807) is 0 Å². The van der Waals surface area contributed by atoms with Gasteiger partial charge >= 0.3 is 5.82 Å². The third-order valence-corrected chi connectivity index (χ3v) is 2.17. The SMILES string of the molecule is O=[N+]([O-])c1cnc(CO)n1CC(O)CCl. The van der Waals surface area contributed by atoms with E-state index in [9.17, 15) is 15.2 Å². The zero-order chi connectivity index (χ0) is 11.4. The average molecular weight is 236 g/mol. The van der Waals surface area contributed by atoms with Crippen molar-refractivity contribution >= 4 is 17.4 Å². The molecule has 0 aliphatic heterocycles. The lowest BCUT2D eigenvalue weighted by molar-refractivity contribution is -0.392. The van der Waals surface area contributed by atoms with Crippen LogP contribution in [-0.4, -0.2) is 36.7 Å². The highest BCUT2D eigenvalue weighted by atomic mass is 35.5. The second kappa shape index (κ2) is 5.06. The summed E-state index contributed by atoms with van der Waals surface area (Å²) < 4.78 is 1.13. The Morgan fingerprint density at radius 1 is 1.73 bits per heavy atom. The number of nitro groups is 1. The fraction of sp³-hybridized carbons (Fsp3) is 0.571. The first kappa shape index (κ1) is 11.9. The van der Waals surface area contributed by atoms with Gasteiger partial charge in [-0.25, -0.2) is 9.55 Å². The molecule has 7 nitrogen and oxygen atoms in total. The number of nitrogens with zero attached hydrogens (tertiary/aromatic N) is 3. The molecule has 0 aliphatic rings. The number of hydrogen-bond acceptors (Lipinski definition) is 5. The van der Waals surface area contributed by atoms with Crippen molar-refractivity contribution in [2.45, 2.75) is 19.3 Å². The molecule has 84 valence electrons. The third kappa shape index (κ3) is 2.65. The van der Waals surface area contributed by atoms with Crippen LogP contribution in [0, 0.1) is 10.1 Å². The van der Waals surface area contributed by atoms with Crippen LogP contribution in [0.1, 0.15) is 5.82 Å². The van der Waals surface area contributed by atoms with Gasteiger partial charge in [0.2, 0.25) is 5.82 Å². The maximum atomic E-state index is 10.6. The lowest BCUT2D eigenvalue weighted by Gasteiger charge is -2.06. The number of aromatic nitrogens is 2. The Bertz CT molecular complexity index is 354. The van der Waals surface area contributed by atoms with Gasteiger partial charge in [-0.2, -0.15) is 0 Å². The third-order valence-electron chi connectivity index (χ3n) is 1.82. The van der Waals surface area contributed by atoms with Gasteiger partial charge in [0.05, 0.1) is 5.88 Å². The van der Waals surface area contributed by atoms with E-state index >= 15 is 0 Å². The van der Waals surface area contributed by atoms with Crippen LogP contribution in [-0.2, 0) is 13.2 Å². The van der Waals surface area contributed by atoms with Gasteiger partial charge in [0.15, 0.2) is 0 Å². The molecule has 1 aromatic rings. The molecule has 1 unspecified atom stereocenters. The van der Waals surface area contributed by atoms with E-state index < -0.39 is 17.6 Å². The first-order valence-electron chi connectivity index (χ1n) is 4.13. The number of aliphatic hydroxyl groups is 2. The summed E-state index contributed by atoms with van der Waals surface area (Å²) in [5.41, 5.74) is 0. The first-order valence-corrected chi connectivity index (χ1v) is 4.67. The van der Waals surface area contributed by atoms with Gasteiger partial charge in [-0.1, -0.05) is 0 Å². The van der Waals surface area contributed by atoms with Crippen LogP contribution >= 0.6 is 11.6 Å². The summed E-state index contributed by atoms with van der Waals surface area (Å²) in [7, 11) is 0. The van der Waals surface area contributed by atoms with Crippen molar-refractivity contribution < 1.29 is 15.1 Å². The summed E-state index contributed by atoms with van der Waals surface area (Å²) in [5.74, 6) is -0.186. The summed E-state index contributed by atoms with van der Waals surface area (Å²) in [6.07, 6.45) is 0.122. The van der Waals surface area contributed by atoms with Gasteiger partial charge in [-0.15, -0.1) is 11.6 Å². The van der Waals surface area contributed by atoms with Crippen molar-refractivity contribution in [1.29, 1.82) is 0 Å². The molecule has 0 saturated heterocycles. The quantitative estimate of drug-likeness (QED) is 0.421. The first-order chi connectivity index (χ1) is 7.10. The van der Waals surface area contributed by atoms with E-state index in [0.717, 1.165) is 10.8 Å². The lowest BCUT2D eigenvalue weighted by atomic mass is 10.4. The van der Waals surface area contributed by atoms with Crippen LogP contribution in [0.2, 0.25) is 0 Å². The van der Waals surface area contributed by atoms with Crippen molar-refractivity contribution in [2.24, 2.45) is 0 Å². The van der Waals surface area contributed by atoms with Crippen molar-refractivity contribution in [2.75, 3.05) is 5.88 Å². The molecule has 0 fully saturated rings. The van der Waals surface area contributed by atoms with Crippen LogP contribution in [0.3, 0.4) is 0 Å². The Morgan fingerprint density at radius 2 is 2.40 bits per heavy atom. The molecule has 0 aliphatic carbocycles. The zero-order valence-corrected chi connectivity index (χ0v) is 8.46. The topological polar surface area (TPSA) is 101 Å². The van der Waals surface area contributed by atoms with Gasteiger partial charge in [-0.05, 0) is 4.92 Å². The minimum atomic E-state index is -0.912. The molecule has 0 amide bonds. The van der Waals surface area contributed by atoms with Crippen molar-refractivity contribution in [1.82, 2.24) is 9.55 Å². The minimum Gasteiger partial charge on any atom is -0.388 e. The second-order valence-electron chi connectivity index (χ2n) is 2.87. The normalized spacial score (nSPS) is 12.7. The highest BCUT2D eigenvalue weighted by Gasteiger charge is 2.21. The van der Waals surface area contributed by atoms with Gasteiger partial charge < -0.3 is 20.3 Å². The number of hydrogen-bond donors (Lipinski definition) is 2. The second-order valence-corrected chi connectivity index (χ2v) is 3.18. The predicted molar refractivity (Wildman–Crippen MR) is 51.5 cm³/mol. The van der Waals surface area contributed by atoms with Gasteiger partial charge in [0.1, 0.15) is 25.5 Å². The molecule has 2 N–H and O–H groups in total. The predicted octanol–water partition coefficient (Wildman–Crippen LogP) is -0.117. The van der Waals surface area contributed by atoms with E-state index in [4.69, 9.17) is 16.7 Å². The van der Waals surface area contributed by atoms with Gasteiger partial charge in [0, 0.05) is 0 Å². The van der Waals surface area contributed by atoms with Gasteiger partial charge in [-0.3, -0.25) is 0 Å². The molecule has 0 aromatic carbocycles. The summed E-state index contributed by atoms with van der Waals surface area (Å²) in [5, 5.41) is 28.7. The monoisotopic (exact) mass is 235 g/mol. The number of halogens is 1. The van der Waals surface area contributed by atoms with Crippen LogP contribution in [0.5, 0.6) is 0 Å². The summed E-state index contributed by atoms with van der Waals surface area (Å²) >= 11 is 5.38. The molecular formula is C7H10ClN3O4. The largest absolute Gasteiger partial charge is 0.388 e. The van der Waals surface area contributed by atoms with Crippen LogP contribution in [0.25, 0.3) is 0 Å². The van der Waals surface area contributed by atoms with Crippen molar-refractivity contribution in [3.05, 3.63) is 22.1 Å². The highest BCUT2D eigenvalue weighted by molar-refractivity contribution is 6.18. The van der Waals surface area contributed by atoms with E-state index in [0.29, 0.717) is 0 Å². The standard InChI is InChI=1S/C7H10ClN3O4/c8-1-5(13)3-10-6(4-12)9-2-7(10)11(14)15/h2,5,12-13H,1,3-4H2. The molecular weight excluding hydrogens is 226 g/mol. The molecule has 0 saturated carbocycles. The van der Waals surface area contributed by atoms with E-state index in [1.807, 2.05) is 0 Å². The average Bonchev–Trinajstić information content (AvgIpc) is 2.60. The molecule has 0 spiro atoms. The minimum absolute atomic E-state index is 0.0415. The number of aliphatic hydroxyl groups excluding tert-OH is 2. The number of rotatable bonds is 5. The van der Waals surface area contributed by atoms with E-state index in [-0.39, 0.29) is 24.1 Å². The van der Waals surface area contributed by atoms with E-state index in [2.05, 4.69) is 4.98 Å². The Balaban J connectivity index is 2.99. The molecule has 1 atom stereocenters. The Labute approximate surface area is 90.1 Å². The van der Waals surface area contributed by atoms with Crippen LogP contribution in [0.15, 0.2) is 6.20 Å². The zero-order valence-electron chi connectivity index (χ0n) is 7.71. The summed E-state index contributed by atoms with van der Waals surface area (Å²) in [6.45, 7) is -0.488. The fourth-order valence-electron chi connectivity index (χ4n) is 1.13. The Morgan fingerprint density at radius 3 is 2.87 bits per heavy atom. The van der Waals surface area contributed by atoms with E-state index in [1.165, 1.54) is 0 Å². The molecule has 15 heavy (non-hydrogen) atoms. The Kier molecular flexibility index (Phi) is 4.01. The molecule has 1 heterocycles. The molecule has 1 rings (SSSR count). The smallest absolute Gasteiger partial charge is 0.343 e. The summed E-state index contributed by atoms with van der Waals surface area (Å²) in [6, 6.07) is 0. The number of alkyl halides is 1. The Hall–Kier alpha value is -1.18. The van der Waals surface area contributed by atoms with Crippen LogP contribution < -0.4 is 0 Å². The summed E-state index contributed by atoms with van der Waals surface area (Å²) in [4.78, 5) is 13.6. The number of imidazole rings is 1.